The fourth-order valence-corrected chi connectivity index (χ4v) is 3.63. The van der Waals surface area contributed by atoms with Gasteiger partial charge in [-0.2, -0.15) is 0 Å². The molecule has 1 aromatic rings. The first-order valence-electron chi connectivity index (χ1n) is 7.75. The highest BCUT2D eigenvalue weighted by atomic mass is 79.9. The van der Waals surface area contributed by atoms with Crippen LogP contribution in [-0.4, -0.2) is 36.5 Å². The molecule has 0 saturated carbocycles. The van der Waals surface area contributed by atoms with Crippen LogP contribution in [0.1, 0.15) is 31.2 Å². The molecule has 0 aromatic heterocycles. The second kappa shape index (κ2) is 8.87. The summed E-state index contributed by atoms with van der Waals surface area (Å²) in [4.78, 5) is 14.1. The van der Waals surface area contributed by atoms with Gasteiger partial charge in [-0.15, -0.1) is 0 Å². The molecule has 4 nitrogen and oxygen atoms in total. The molecule has 1 aliphatic rings. The van der Waals surface area contributed by atoms with E-state index in [-0.39, 0.29) is 5.91 Å². The maximum Gasteiger partial charge on any atom is 0.221 e. The van der Waals surface area contributed by atoms with Gasteiger partial charge in [0.1, 0.15) is 0 Å². The number of nitrogens with zero attached hydrogens (tertiary/aromatic N) is 1. The Labute approximate surface area is 145 Å². The molecule has 1 aliphatic heterocycles. The molecule has 1 aromatic carbocycles. The molecule has 2 rings (SSSR count). The number of rotatable bonds is 6. The summed E-state index contributed by atoms with van der Waals surface area (Å²) >= 11 is 9.58. The normalized spacial score (nSPS) is 19.1. The van der Waals surface area contributed by atoms with Crippen molar-refractivity contribution in [3.05, 3.63) is 33.3 Å². The third kappa shape index (κ3) is 5.23. The highest BCUT2D eigenvalue weighted by Gasteiger charge is 2.23. The molecule has 0 aliphatic carbocycles. The summed E-state index contributed by atoms with van der Waals surface area (Å²) in [7, 11) is 0. The standard InChI is InChI=1S/C16H23BrClN3O/c17-15-9-13(18)5-4-12(15)11-21-8-2-1-3-14(21)10-20-16(22)6-7-19/h4-5,9,14H,1-3,6-8,10-11,19H2,(H,20,22). The summed E-state index contributed by atoms with van der Waals surface area (Å²) in [6, 6.07) is 6.30. The number of carbonyl (C=O) groups excluding carboxylic acids is 1. The Morgan fingerprint density at radius 1 is 1.45 bits per heavy atom. The smallest absolute Gasteiger partial charge is 0.221 e. The second-order valence-corrected chi connectivity index (χ2v) is 6.99. The number of benzene rings is 1. The molecule has 122 valence electrons. The van der Waals surface area contributed by atoms with Crippen LogP contribution in [0.25, 0.3) is 0 Å². The van der Waals surface area contributed by atoms with Gasteiger partial charge in [-0.3, -0.25) is 9.69 Å². The van der Waals surface area contributed by atoms with E-state index < -0.39 is 0 Å². The van der Waals surface area contributed by atoms with E-state index >= 15 is 0 Å². The minimum Gasteiger partial charge on any atom is -0.354 e. The van der Waals surface area contributed by atoms with Gasteiger partial charge in [-0.25, -0.2) is 0 Å². The van der Waals surface area contributed by atoms with Crippen molar-refractivity contribution in [2.75, 3.05) is 19.6 Å². The Bertz CT molecular complexity index is 512. The first kappa shape index (κ1) is 17.7. The SMILES string of the molecule is NCCC(=O)NCC1CCCCN1Cc1ccc(Cl)cc1Br. The molecule has 3 N–H and O–H groups in total. The van der Waals surface area contributed by atoms with E-state index in [1.165, 1.54) is 18.4 Å². The summed E-state index contributed by atoms with van der Waals surface area (Å²) in [5, 5.41) is 3.74. The predicted molar refractivity (Wildman–Crippen MR) is 93.9 cm³/mol. The van der Waals surface area contributed by atoms with Crippen LogP contribution >= 0.6 is 27.5 Å². The van der Waals surface area contributed by atoms with Crippen molar-refractivity contribution in [3.63, 3.8) is 0 Å². The number of amides is 1. The van der Waals surface area contributed by atoms with Crippen LogP contribution in [-0.2, 0) is 11.3 Å². The summed E-state index contributed by atoms with van der Waals surface area (Å²) in [6.07, 6.45) is 3.94. The van der Waals surface area contributed by atoms with Gasteiger partial charge in [0.15, 0.2) is 0 Å². The van der Waals surface area contributed by atoms with E-state index in [1.807, 2.05) is 12.1 Å². The van der Waals surface area contributed by atoms with Gasteiger partial charge in [0.25, 0.3) is 0 Å². The van der Waals surface area contributed by atoms with Gasteiger partial charge < -0.3 is 11.1 Å². The molecule has 1 amide bonds. The Balaban J connectivity index is 1.95. The molecule has 1 atom stereocenters. The lowest BCUT2D eigenvalue weighted by atomic mass is 10.0. The fraction of sp³-hybridized carbons (Fsp3) is 0.562. The first-order valence-corrected chi connectivity index (χ1v) is 8.92. The van der Waals surface area contributed by atoms with Crippen molar-refractivity contribution in [3.8, 4) is 0 Å². The molecular weight excluding hydrogens is 366 g/mol. The van der Waals surface area contributed by atoms with Crippen LogP contribution in [0.3, 0.4) is 0 Å². The number of nitrogens with one attached hydrogen (secondary N) is 1. The molecular formula is C16H23BrClN3O. The molecule has 1 fully saturated rings. The van der Waals surface area contributed by atoms with Gasteiger partial charge in [-0.1, -0.05) is 40.0 Å². The van der Waals surface area contributed by atoms with Crippen LogP contribution in [0.5, 0.6) is 0 Å². The monoisotopic (exact) mass is 387 g/mol. The van der Waals surface area contributed by atoms with Crippen molar-refractivity contribution in [2.24, 2.45) is 5.73 Å². The average molecular weight is 389 g/mol. The molecule has 0 spiro atoms. The highest BCUT2D eigenvalue weighted by molar-refractivity contribution is 9.10. The van der Waals surface area contributed by atoms with Crippen molar-refractivity contribution in [1.82, 2.24) is 10.2 Å². The largest absolute Gasteiger partial charge is 0.354 e. The van der Waals surface area contributed by atoms with Crippen molar-refractivity contribution >= 4 is 33.4 Å². The van der Waals surface area contributed by atoms with Crippen molar-refractivity contribution in [1.29, 1.82) is 0 Å². The number of hydrogen-bond acceptors (Lipinski definition) is 3. The number of halogens is 2. The lowest BCUT2D eigenvalue weighted by Gasteiger charge is -2.36. The van der Waals surface area contributed by atoms with Gasteiger partial charge in [0.05, 0.1) is 0 Å². The molecule has 1 heterocycles. The number of piperidine rings is 1. The lowest BCUT2D eigenvalue weighted by molar-refractivity contribution is -0.121. The van der Waals surface area contributed by atoms with Gasteiger partial charge in [0.2, 0.25) is 5.91 Å². The third-order valence-electron chi connectivity index (χ3n) is 4.04. The number of nitrogens with two attached hydrogens (primary N) is 1. The zero-order valence-corrected chi connectivity index (χ0v) is 15.0. The first-order chi connectivity index (χ1) is 10.6. The minimum atomic E-state index is 0.0423. The number of likely N-dealkylation sites (tertiary alicyclic amines) is 1. The van der Waals surface area contributed by atoms with Crippen LogP contribution in [0.2, 0.25) is 5.02 Å². The molecule has 1 saturated heterocycles. The quantitative estimate of drug-likeness (QED) is 0.788. The maximum atomic E-state index is 11.6. The van der Waals surface area contributed by atoms with Gasteiger partial charge >= 0.3 is 0 Å². The van der Waals surface area contributed by atoms with Gasteiger partial charge in [-0.05, 0) is 37.1 Å². The second-order valence-electron chi connectivity index (χ2n) is 5.70. The molecule has 0 bridgehead atoms. The minimum absolute atomic E-state index is 0.0423. The van der Waals surface area contributed by atoms with E-state index in [0.29, 0.717) is 25.6 Å². The molecule has 6 heteroatoms. The molecule has 0 radical (unpaired) electrons. The Morgan fingerprint density at radius 3 is 3.00 bits per heavy atom. The highest BCUT2D eigenvalue weighted by Crippen LogP contribution is 2.25. The predicted octanol–water partition coefficient (Wildman–Crippen LogP) is 2.92. The summed E-state index contributed by atoms with van der Waals surface area (Å²) in [5.74, 6) is 0.0423. The lowest BCUT2D eigenvalue weighted by Crippen LogP contribution is -2.46. The molecule has 22 heavy (non-hydrogen) atoms. The van der Waals surface area contributed by atoms with Crippen LogP contribution in [0.4, 0.5) is 0 Å². The van der Waals surface area contributed by atoms with Crippen LogP contribution < -0.4 is 11.1 Å². The Hall–Kier alpha value is -0.620. The van der Waals surface area contributed by atoms with E-state index in [2.05, 4.69) is 32.2 Å². The topological polar surface area (TPSA) is 58.4 Å². The fourth-order valence-electron chi connectivity index (χ4n) is 2.82. The van der Waals surface area contributed by atoms with E-state index in [9.17, 15) is 4.79 Å². The summed E-state index contributed by atoms with van der Waals surface area (Å²) < 4.78 is 1.04. The summed E-state index contributed by atoms with van der Waals surface area (Å²) in [6.45, 7) is 3.03. The average Bonchev–Trinajstić information content (AvgIpc) is 2.49. The Kier molecular flexibility index (Phi) is 7.15. The van der Waals surface area contributed by atoms with Crippen molar-refractivity contribution < 1.29 is 4.79 Å². The zero-order valence-electron chi connectivity index (χ0n) is 12.7. The van der Waals surface area contributed by atoms with Gasteiger partial charge in [0, 0.05) is 41.6 Å². The summed E-state index contributed by atoms with van der Waals surface area (Å²) in [5.41, 5.74) is 6.64. The van der Waals surface area contributed by atoms with E-state index in [1.54, 1.807) is 0 Å². The number of hydrogen-bond donors (Lipinski definition) is 2. The van der Waals surface area contributed by atoms with E-state index in [4.69, 9.17) is 17.3 Å². The third-order valence-corrected chi connectivity index (χ3v) is 5.02. The number of carbonyl (C=O) groups is 1. The van der Waals surface area contributed by atoms with Crippen LogP contribution in [0.15, 0.2) is 22.7 Å². The zero-order chi connectivity index (χ0) is 15.9. The molecule has 1 unspecified atom stereocenters. The Morgan fingerprint density at radius 2 is 2.27 bits per heavy atom. The van der Waals surface area contributed by atoms with E-state index in [0.717, 1.165) is 29.0 Å². The van der Waals surface area contributed by atoms with Crippen LogP contribution in [0, 0.1) is 0 Å². The maximum absolute atomic E-state index is 11.6. The van der Waals surface area contributed by atoms with Crippen molar-refractivity contribution in [2.45, 2.75) is 38.3 Å².